The predicted octanol–water partition coefficient (Wildman–Crippen LogP) is 6.17. The van der Waals surface area contributed by atoms with Crippen molar-refractivity contribution < 1.29 is 14.3 Å². The summed E-state index contributed by atoms with van der Waals surface area (Å²) in [6.45, 7) is 3.82. The monoisotopic (exact) mass is 513 g/mol. The number of thioether (sulfide) groups is 1. The van der Waals surface area contributed by atoms with E-state index in [1.54, 1.807) is 37.4 Å². The Hall–Kier alpha value is -3.00. The summed E-state index contributed by atoms with van der Waals surface area (Å²) in [5.41, 5.74) is 6.35. The van der Waals surface area contributed by atoms with E-state index in [2.05, 4.69) is 5.43 Å². The average molecular weight is 514 g/mol. The second-order valence-corrected chi connectivity index (χ2v) is 9.65. The molecule has 0 bridgehead atoms. The van der Waals surface area contributed by atoms with E-state index in [0.717, 1.165) is 17.4 Å². The van der Waals surface area contributed by atoms with E-state index in [-0.39, 0.29) is 5.91 Å². The lowest BCUT2D eigenvalue weighted by Gasteiger charge is -2.19. The first-order valence-corrected chi connectivity index (χ1v) is 12.0. The molecule has 1 saturated heterocycles. The molecule has 174 valence electrons. The van der Waals surface area contributed by atoms with E-state index in [1.807, 2.05) is 38.1 Å². The number of aliphatic imine (C=N–C) groups is 1. The smallest absolute Gasteiger partial charge is 0.267 e. The zero-order chi connectivity index (χ0) is 24.4. The van der Waals surface area contributed by atoms with Gasteiger partial charge in [-0.1, -0.05) is 47.5 Å². The molecule has 1 aliphatic rings. The lowest BCUT2D eigenvalue weighted by molar-refractivity contribution is -0.116. The van der Waals surface area contributed by atoms with Crippen LogP contribution in [-0.2, 0) is 4.79 Å². The standard InChI is InChI=1S/C25H21Cl2N3O3S/c1-14-8-9-19(20(12-14)33-3)28-24-23(34-21-7-5-4-6-16(21)13-31)25(32)30(29-24)22-17(26)10-15(2)11-18(22)27/h4-13,23H,1-3H3,(H,28,29). The highest BCUT2D eigenvalue weighted by atomic mass is 35.5. The molecule has 9 heteroatoms. The molecule has 1 N–H and O–H groups in total. The van der Waals surface area contributed by atoms with Crippen molar-refractivity contribution in [2.24, 2.45) is 4.99 Å². The van der Waals surface area contributed by atoms with E-state index < -0.39 is 5.25 Å². The molecule has 1 fully saturated rings. The average Bonchev–Trinajstić information content (AvgIpc) is 3.09. The summed E-state index contributed by atoms with van der Waals surface area (Å²) in [5, 5.41) is 1.19. The molecular weight excluding hydrogens is 493 g/mol. The van der Waals surface area contributed by atoms with Crippen molar-refractivity contribution in [3.8, 4) is 5.75 Å². The normalized spacial score (nSPS) is 16.6. The summed E-state index contributed by atoms with van der Waals surface area (Å²) >= 11 is 14.2. The van der Waals surface area contributed by atoms with Crippen LogP contribution in [0, 0.1) is 13.8 Å². The van der Waals surface area contributed by atoms with Gasteiger partial charge in [0, 0.05) is 10.5 Å². The molecule has 0 saturated carbocycles. The summed E-state index contributed by atoms with van der Waals surface area (Å²) in [7, 11) is 1.57. The number of hydrogen-bond acceptors (Lipinski definition) is 5. The summed E-state index contributed by atoms with van der Waals surface area (Å²) < 4.78 is 5.49. The van der Waals surface area contributed by atoms with Crippen LogP contribution in [0.2, 0.25) is 10.0 Å². The van der Waals surface area contributed by atoms with Gasteiger partial charge < -0.3 is 4.74 Å². The van der Waals surface area contributed by atoms with Crippen LogP contribution in [0.5, 0.6) is 5.75 Å². The Morgan fingerprint density at radius 2 is 1.76 bits per heavy atom. The molecule has 1 atom stereocenters. The minimum absolute atomic E-state index is 0.316. The number of ether oxygens (including phenoxy) is 1. The third-order valence-corrected chi connectivity index (χ3v) is 7.03. The Bertz CT molecular complexity index is 1290. The van der Waals surface area contributed by atoms with Gasteiger partial charge in [-0.05, 0) is 55.3 Å². The van der Waals surface area contributed by atoms with E-state index >= 15 is 0 Å². The third kappa shape index (κ3) is 4.78. The first-order chi connectivity index (χ1) is 16.3. The van der Waals surface area contributed by atoms with Crippen molar-refractivity contribution in [1.29, 1.82) is 0 Å². The quantitative estimate of drug-likeness (QED) is 0.398. The third-order valence-electron chi connectivity index (χ3n) is 5.17. The Morgan fingerprint density at radius 1 is 1.06 bits per heavy atom. The van der Waals surface area contributed by atoms with E-state index in [1.165, 1.54) is 16.8 Å². The first-order valence-electron chi connectivity index (χ1n) is 10.3. The summed E-state index contributed by atoms with van der Waals surface area (Å²) in [6, 6.07) is 16.1. The van der Waals surface area contributed by atoms with E-state index in [0.29, 0.717) is 43.5 Å². The number of nitrogens with one attached hydrogen (secondary N) is 1. The van der Waals surface area contributed by atoms with Gasteiger partial charge in [0.15, 0.2) is 6.29 Å². The SMILES string of the molecule is COc1cc(C)ccc1N=C1NN(c2c(Cl)cc(C)cc2Cl)C(=O)C1Sc1ccccc1C=O. The van der Waals surface area contributed by atoms with Gasteiger partial charge in [-0.15, -0.1) is 11.8 Å². The minimum Gasteiger partial charge on any atom is -0.494 e. The molecule has 3 aromatic rings. The van der Waals surface area contributed by atoms with Gasteiger partial charge in [-0.25, -0.2) is 10.0 Å². The van der Waals surface area contributed by atoms with Crippen molar-refractivity contribution in [2.75, 3.05) is 12.1 Å². The molecule has 0 aliphatic carbocycles. The number of aldehydes is 1. The van der Waals surface area contributed by atoms with Crippen LogP contribution in [0.15, 0.2) is 64.5 Å². The number of methoxy groups -OCH3 is 1. The van der Waals surface area contributed by atoms with Crippen LogP contribution in [-0.4, -0.2) is 30.4 Å². The number of nitrogens with zero attached hydrogens (tertiary/aromatic N) is 2. The number of aryl methyl sites for hydroxylation is 2. The largest absolute Gasteiger partial charge is 0.494 e. The van der Waals surface area contributed by atoms with E-state index in [9.17, 15) is 9.59 Å². The Labute approximate surface area is 211 Å². The summed E-state index contributed by atoms with van der Waals surface area (Å²) in [6.07, 6.45) is 0.764. The van der Waals surface area contributed by atoms with Gasteiger partial charge in [-0.2, -0.15) is 0 Å². The zero-order valence-corrected chi connectivity index (χ0v) is 21.0. The minimum atomic E-state index is -0.777. The van der Waals surface area contributed by atoms with Crippen molar-refractivity contribution >= 4 is 64.4 Å². The topological polar surface area (TPSA) is 71.0 Å². The highest BCUT2D eigenvalue weighted by Gasteiger charge is 2.41. The number of hydrogen-bond donors (Lipinski definition) is 1. The first kappa shape index (κ1) is 24.1. The summed E-state index contributed by atoms with van der Waals surface area (Å²) in [5.74, 6) is 0.623. The van der Waals surface area contributed by atoms with E-state index in [4.69, 9.17) is 32.9 Å². The molecule has 6 nitrogen and oxygen atoms in total. The lowest BCUT2D eigenvalue weighted by atomic mass is 10.2. The second kappa shape index (κ2) is 10.1. The number of carbonyl (C=O) groups excluding carboxylic acids is 2. The maximum atomic E-state index is 13.6. The number of carbonyl (C=O) groups is 2. The number of amidine groups is 1. The summed E-state index contributed by atoms with van der Waals surface area (Å²) in [4.78, 5) is 30.6. The van der Waals surface area contributed by atoms with Crippen LogP contribution in [0.1, 0.15) is 21.5 Å². The molecule has 0 radical (unpaired) electrons. The number of amides is 1. The van der Waals surface area contributed by atoms with Crippen molar-refractivity contribution in [1.82, 2.24) is 5.43 Å². The number of halogens is 2. The van der Waals surface area contributed by atoms with Crippen molar-refractivity contribution in [3.05, 3.63) is 81.3 Å². The van der Waals surface area contributed by atoms with Gasteiger partial charge in [0.1, 0.15) is 28.2 Å². The lowest BCUT2D eigenvalue weighted by Crippen LogP contribution is -2.36. The van der Waals surface area contributed by atoms with Gasteiger partial charge >= 0.3 is 0 Å². The fourth-order valence-electron chi connectivity index (χ4n) is 3.54. The number of anilines is 1. The molecule has 3 aromatic carbocycles. The Kier molecular flexibility index (Phi) is 7.16. The number of rotatable bonds is 6. The molecule has 0 spiro atoms. The van der Waals surface area contributed by atoms with Crippen LogP contribution in [0.25, 0.3) is 0 Å². The molecule has 1 unspecified atom stereocenters. The maximum absolute atomic E-state index is 13.6. The molecular formula is C25H21Cl2N3O3S. The molecule has 1 amide bonds. The molecule has 4 rings (SSSR count). The van der Waals surface area contributed by atoms with Crippen molar-refractivity contribution in [3.63, 3.8) is 0 Å². The number of benzene rings is 3. The fraction of sp³-hybridized carbons (Fsp3) is 0.160. The molecule has 1 aliphatic heterocycles. The fourth-order valence-corrected chi connectivity index (χ4v) is 5.40. The zero-order valence-electron chi connectivity index (χ0n) is 18.6. The van der Waals surface area contributed by atoms with Crippen LogP contribution >= 0.6 is 35.0 Å². The molecule has 1 heterocycles. The van der Waals surface area contributed by atoms with Crippen molar-refractivity contribution in [2.45, 2.75) is 24.0 Å². The Morgan fingerprint density at radius 3 is 2.44 bits per heavy atom. The van der Waals surface area contributed by atoms with Gasteiger partial charge in [0.25, 0.3) is 5.91 Å². The van der Waals surface area contributed by atoms with Gasteiger partial charge in [0.2, 0.25) is 0 Å². The molecule has 34 heavy (non-hydrogen) atoms. The Balaban J connectivity index is 1.82. The van der Waals surface area contributed by atoms with Gasteiger partial charge in [-0.3, -0.25) is 15.0 Å². The van der Waals surface area contributed by atoms with Crippen LogP contribution < -0.4 is 15.2 Å². The van der Waals surface area contributed by atoms with Crippen LogP contribution in [0.4, 0.5) is 11.4 Å². The number of hydrazine groups is 1. The maximum Gasteiger partial charge on any atom is 0.267 e. The van der Waals surface area contributed by atoms with Crippen LogP contribution in [0.3, 0.4) is 0 Å². The predicted molar refractivity (Wildman–Crippen MR) is 138 cm³/mol. The molecule has 0 aromatic heterocycles. The highest BCUT2D eigenvalue weighted by molar-refractivity contribution is 8.01. The van der Waals surface area contributed by atoms with Gasteiger partial charge in [0.05, 0.1) is 17.2 Å². The second-order valence-electron chi connectivity index (χ2n) is 7.69. The highest BCUT2D eigenvalue weighted by Crippen LogP contribution is 2.39.